The lowest BCUT2D eigenvalue weighted by Gasteiger charge is -2.15. The second-order valence-corrected chi connectivity index (χ2v) is 4.28. The van der Waals surface area contributed by atoms with Crippen molar-refractivity contribution < 1.29 is 4.42 Å². The zero-order chi connectivity index (χ0) is 12.4. The molecule has 18 heavy (non-hydrogen) atoms. The molecule has 0 saturated carbocycles. The number of rotatable bonds is 3. The minimum absolute atomic E-state index is 0.125. The van der Waals surface area contributed by atoms with Crippen LogP contribution in [-0.4, -0.2) is 14.8 Å². The maximum absolute atomic E-state index is 5.91. The Hall–Kier alpha value is -2.07. The van der Waals surface area contributed by atoms with Gasteiger partial charge in [0.15, 0.2) is 0 Å². The molecule has 1 aromatic carbocycles. The molecule has 2 heterocycles. The summed E-state index contributed by atoms with van der Waals surface area (Å²) in [6.45, 7) is 0. The van der Waals surface area contributed by atoms with Crippen molar-refractivity contribution in [3.05, 3.63) is 71.7 Å². The first-order valence-electron chi connectivity index (χ1n) is 5.47. The number of hydrogen-bond acceptors (Lipinski definition) is 3. The van der Waals surface area contributed by atoms with Gasteiger partial charge >= 0.3 is 0 Å². The number of hydrogen-bond donors (Lipinski definition) is 0. The smallest absolute Gasteiger partial charge is 0.137 e. The number of benzene rings is 1. The fraction of sp³-hybridized carbons (Fsp3) is 0.0769. The predicted octanol–water partition coefficient (Wildman–Crippen LogP) is 3.16. The molecule has 0 fully saturated rings. The second-order valence-electron chi connectivity index (χ2n) is 3.84. The molecular weight excluding hydrogens is 250 g/mol. The fourth-order valence-corrected chi connectivity index (χ4v) is 2.02. The lowest BCUT2D eigenvalue weighted by atomic mass is 10.1. The van der Waals surface area contributed by atoms with Gasteiger partial charge < -0.3 is 4.42 Å². The van der Waals surface area contributed by atoms with Crippen molar-refractivity contribution >= 4 is 11.6 Å². The van der Waals surface area contributed by atoms with Crippen LogP contribution in [0.1, 0.15) is 17.4 Å². The normalized spacial score (nSPS) is 12.5. The van der Waals surface area contributed by atoms with Crippen molar-refractivity contribution in [2.45, 2.75) is 6.04 Å². The van der Waals surface area contributed by atoms with E-state index in [1.54, 1.807) is 17.3 Å². The lowest BCUT2D eigenvalue weighted by Crippen LogP contribution is -2.12. The van der Waals surface area contributed by atoms with Crippen molar-refractivity contribution in [1.29, 1.82) is 0 Å². The summed E-state index contributed by atoms with van der Waals surface area (Å²) in [6, 6.07) is 11.3. The third kappa shape index (κ3) is 2.02. The largest absolute Gasteiger partial charge is 0.467 e. The Morgan fingerprint density at radius 2 is 2.00 bits per heavy atom. The van der Waals surface area contributed by atoms with E-state index in [1.165, 1.54) is 6.33 Å². The van der Waals surface area contributed by atoms with Gasteiger partial charge in [0.05, 0.1) is 6.26 Å². The first-order valence-corrected chi connectivity index (χ1v) is 5.85. The van der Waals surface area contributed by atoms with E-state index < -0.39 is 0 Å². The highest BCUT2D eigenvalue weighted by Gasteiger charge is 2.19. The molecule has 0 N–H and O–H groups in total. The number of halogens is 1. The van der Waals surface area contributed by atoms with Gasteiger partial charge in [-0.1, -0.05) is 23.7 Å². The van der Waals surface area contributed by atoms with Gasteiger partial charge in [0, 0.05) is 5.02 Å². The van der Waals surface area contributed by atoms with Gasteiger partial charge in [-0.15, -0.1) is 0 Å². The van der Waals surface area contributed by atoms with Crippen LogP contribution in [0.5, 0.6) is 0 Å². The third-order valence-electron chi connectivity index (χ3n) is 2.70. The average Bonchev–Trinajstić information content (AvgIpc) is 3.06. The van der Waals surface area contributed by atoms with E-state index in [1.807, 2.05) is 36.4 Å². The van der Waals surface area contributed by atoms with Crippen LogP contribution in [-0.2, 0) is 0 Å². The Labute approximate surface area is 109 Å². The van der Waals surface area contributed by atoms with Crippen molar-refractivity contribution in [3.8, 4) is 0 Å². The molecule has 0 spiro atoms. The lowest BCUT2D eigenvalue weighted by molar-refractivity contribution is 0.440. The SMILES string of the molecule is Clc1ccc(C(c2ccco2)n2cncn2)cc1. The van der Waals surface area contributed by atoms with Crippen LogP contribution >= 0.6 is 11.6 Å². The summed E-state index contributed by atoms with van der Waals surface area (Å²) in [5, 5.41) is 4.89. The van der Waals surface area contributed by atoms with E-state index in [4.69, 9.17) is 16.0 Å². The number of furan rings is 1. The Balaban J connectivity index is 2.08. The molecule has 5 heteroatoms. The highest BCUT2D eigenvalue weighted by molar-refractivity contribution is 6.30. The second kappa shape index (κ2) is 4.66. The van der Waals surface area contributed by atoms with Crippen LogP contribution in [0.15, 0.2) is 59.7 Å². The molecule has 0 aliphatic heterocycles. The molecule has 0 aliphatic rings. The standard InChI is InChI=1S/C13H10ClN3O/c14-11-5-3-10(4-6-11)13(12-2-1-7-18-12)17-9-15-8-16-17/h1-9,13H. The van der Waals surface area contributed by atoms with Gasteiger partial charge in [-0.3, -0.25) is 0 Å². The van der Waals surface area contributed by atoms with Gasteiger partial charge in [0.2, 0.25) is 0 Å². The molecule has 0 saturated heterocycles. The van der Waals surface area contributed by atoms with Crippen LogP contribution in [0.4, 0.5) is 0 Å². The molecule has 1 atom stereocenters. The third-order valence-corrected chi connectivity index (χ3v) is 2.95. The van der Waals surface area contributed by atoms with Crippen LogP contribution < -0.4 is 0 Å². The summed E-state index contributed by atoms with van der Waals surface area (Å²) in [5.74, 6) is 0.808. The van der Waals surface area contributed by atoms with Gasteiger partial charge in [-0.05, 0) is 29.8 Å². The Kier molecular flexibility index (Phi) is 2.86. The molecule has 3 aromatic rings. The topological polar surface area (TPSA) is 43.9 Å². The molecule has 0 aliphatic carbocycles. The average molecular weight is 260 g/mol. The van der Waals surface area contributed by atoms with Gasteiger partial charge in [-0.25, -0.2) is 9.67 Å². The van der Waals surface area contributed by atoms with Gasteiger partial charge in [0.25, 0.3) is 0 Å². The monoisotopic (exact) mass is 259 g/mol. The Bertz CT molecular complexity index is 568. The van der Waals surface area contributed by atoms with Crippen molar-refractivity contribution in [2.75, 3.05) is 0 Å². The summed E-state index contributed by atoms with van der Waals surface area (Å²) in [7, 11) is 0. The maximum atomic E-state index is 5.91. The van der Waals surface area contributed by atoms with E-state index in [0.29, 0.717) is 5.02 Å². The first kappa shape index (κ1) is 11.0. The van der Waals surface area contributed by atoms with E-state index >= 15 is 0 Å². The van der Waals surface area contributed by atoms with E-state index in [0.717, 1.165) is 11.3 Å². The van der Waals surface area contributed by atoms with Crippen molar-refractivity contribution in [2.24, 2.45) is 0 Å². The molecule has 0 amide bonds. The summed E-state index contributed by atoms with van der Waals surface area (Å²) >= 11 is 5.91. The maximum Gasteiger partial charge on any atom is 0.137 e. The molecule has 3 rings (SSSR count). The van der Waals surface area contributed by atoms with Gasteiger partial charge in [-0.2, -0.15) is 5.10 Å². The minimum Gasteiger partial charge on any atom is -0.467 e. The van der Waals surface area contributed by atoms with Crippen molar-refractivity contribution in [3.63, 3.8) is 0 Å². The molecule has 1 unspecified atom stereocenters. The molecule has 90 valence electrons. The zero-order valence-corrected chi connectivity index (χ0v) is 10.2. The molecular formula is C13H10ClN3O. The summed E-state index contributed by atoms with van der Waals surface area (Å²) < 4.78 is 7.23. The number of aromatic nitrogens is 3. The van der Waals surface area contributed by atoms with Crippen molar-refractivity contribution in [1.82, 2.24) is 14.8 Å². The zero-order valence-electron chi connectivity index (χ0n) is 9.40. The van der Waals surface area contributed by atoms with Crippen LogP contribution in [0, 0.1) is 0 Å². The fourth-order valence-electron chi connectivity index (χ4n) is 1.89. The minimum atomic E-state index is -0.125. The highest BCUT2D eigenvalue weighted by Crippen LogP contribution is 2.26. The van der Waals surface area contributed by atoms with E-state index in [9.17, 15) is 0 Å². The molecule has 0 bridgehead atoms. The summed E-state index contributed by atoms with van der Waals surface area (Å²) in [5.41, 5.74) is 1.04. The Morgan fingerprint density at radius 3 is 2.61 bits per heavy atom. The van der Waals surface area contributed by atoms with Crippen LogP contribution in [0.2, 0.25) is 5.02 Å². The van der Waals surface area contributed by atoms with Crippen LogP contribution in [0.25, 0.3) is 0 Å². The van der Waals surface area contributed by atoms with E-state index in [-0.39, 0.29) is 6.04 Å². The quantitative estimate of drug-likeness (QED) is 0.726. The predicted molar refractivity (Wildman–Crippen MR) is 67.4 cm³/mol. The molecule has 0 radical (unpaired) electrons. The Morgan fingerprint density at radius 1 is 1.17 bits per heavy atom. The summed E-state index contributed by atoms with van der Waals surface area (Å²) in [4.78, 5) is 3.98. The van der Waals surface area contributed by atoms with Gasteiger partial charge in [0.1, 0.15) is 24.5 Å². The van der Waals surface area contributed by atoms with Crippen LogP contribution in [0.3, 0.4) is 0 Å². The highest BCUT2D eigenvalue weighted by atomic mass is 35.5. The van der Waals surface area contributed by atoms with E-state index in [2.05, 4.69) is 10.1 Å². The molecule has 4 nitrogen and oxygen atoms in total. The molecule has 2 aromatic heterocycles. The number of nitrogens with zero attached hydrogens (tertiary/aromatic N) is 3. The summed E-state index contributed by atoms with van der Waals surface area (Å²) in [6.07, 6.45) is 4.82. The first-order chi connectivity index (χ1) is 8.84.